The SMILES string of the molecule is O=C(NCCCn1ccnc1)c1cnn2c1OCCC2. The Labute approximate surface area is 116 Å². The minimum absolute atomic E-state index is 0.126. The highest BCUT2D eigenvalue weighted by molar-refractivity contribution is 5.96. The lowest BCUT2D eigenvalue weighted by atomic mass is 10.3. The molecule has 0 saturated heterocycles. The summed E-state index contributed by atoms with van der Waals surface area (Å²) in [6.45, 7) is 2.90. The second-order valence-corrected chi connectivity index (χ2v) is 4.70. The van der Waals surface area contributed by atoms with Crippen LogP contribution in [-0.4, -0.2) is 38.4 Å². The maximum absolute atomic E-state index is 12.1. The molecule has 0 spiro atoms. The van der Waals surface area contributed by atoms with Crippen molar-refractivity contribution in [2.75, 3.05) is 13.2 Å². The molecule has 0 aromatic carbocycles. The molecular formula is C13H17N5O2. The number of hydrogen-bond donors (Lipinski definition) is 1. The summed E-state index contributed by atoms with van der Waals surface area (Å²) < 4.78 is 9.23. The maximum Gasteiger partial charge on any atom is 0.258 e. The lowest BCUT2D eigenvalue weighted by molar-refractivity contribution is 0.0946. The average Bonchev–Trinajstić information content (AvgIpc) is 3.12. The molecule has 7 heteroatoms. The van der Waals surface area contributed by atoms with Crippen LogP contribution in [0.5, 0.6) is 5.88 Å². The number of nitrogens with zero attached hydrogens (tertiary/aromatic N) is 4. The van der Waals surface area contributed by atoms with Gasteiger partial charge < -0.3 is 14.6 Å². The molecule has 1 N–H and O–H groups in total. The molecule has 0 unspecified atom stereocenters. The van der Waals surface area contributed by atoms with Gasteiger partial charge in [0.05, 0.1) is 19.1 Å². The minimum atomic E-state index is -0.126. The number of carbonyl (C=O) groups excluding carboxylic acids is 1. The van der Waals surface area contributed by atoms with Gasteiger partial charge in [0.25, 0.3) is 5.91 Å². The van der Waals surface area contributed by atoms with E-state index in [1.807, 2.05) is 10.8 Å². The molecule has 1 aliphatic rings. The van der Waals surface area contributed by atoms with Gasteiger partial charge in [-0.05, 0) is 6.42 Å². The Morgan fingerprint density at radius 2 is 2.45 bits per heavy atom. The number of amides is 1. The van der Waals surface area contributed by atoms with Gasteiger partial charge in [0.1, 0.15) is 5.56 Å². The molecule has 0 aliphatic carbocycles. The number of imidazole rings is 1. The number of carbonyl (C=O) groups is 1. The Morgan fingerprint density at radius 1 is 1.50 bits per heavy atom. The van der Waals surface area contributed by atoms with E-state index >= 15 is 0 Å². The Balaban J connectivity index is 1.50. The fraction of sp³-hybridized carbons (Fsp3) is 0.462. The van der Waals surface area contributed by atoms with Crippen LogP contribution in [0, 0.1) is 0 Å². The van der Waals surface area contributed by atoms with E-state index in [-0.39, 0.29) is 5.91 Å². The Morgan fingerprint density at radius 3 is 3.30 bits per heavy atom. The third-order valence-corrected chi connectivity index (χ3v) is 3.23. The minimum Gasteiger partial charge on any atom is -0.477 e. The van der Waals surface area contributed by atoms with Gasteiger partial charge in [0.15, 0.2) is 0 Å². The van der Waals surface area contributed by atoms with Gasteiger partial charge in [-0.25, -0.2) is 9.67 Å². The van der Waals surface area contributed by atoms with Gasteiger partial charge in [-0.15, -0.1) is 0 Å². The fourth-order valence-corrected chi connectivity index (χ4v) is 2.20. The van der Waals surface area contributed by atoms with E-state index in [1.54, 1.807) is 23.4 Å². The number of nitrogens with one attached hydrogen (secondary N) is 1. The number of aromatic nitrogens is 4. The molecule has 106 valence electrons. The highest BCUT2D eigenvalue weighted by Gasteiger charge is 2.20. The van der Waals surface area contributed by atoms with Crippen molar-refractivity contribution < 1.29 is 9.53 Å². The van der Waals surface area contributed by atoms with Crippen molar-refractivity contribution in [3.8, 4) is 5.88 Å². The van der Waals surface area contributed by atoms with Gasteiger partial charge in [-0.2, -0.15) is 5.10 Å². The summed E-state index contributed by atoms with van der Waals surface area (Å²) in [7, 11) is 0. The van der Waals surface area contributed by atoms with Crippen LogP contribution in [0.4, 0.5) is 0 Å². The van der Waals surface area contributed by atoms with Crippen LogP contribution >= 0.6 is 0 Å². The monoisotopic (exact) mass is 275 g/mol. The van der Waals surface area contributed by atoms with Crippen LogP contribution in [-0.2, 0) is 13.1 Å². The number of aryl methyl sites for hydroxylation is 2. The largest absolute Gasteiger partial charge is 0.477 e. The zero-order chi connectivity index (χ0) is 13.8. The summed E-state index contributed by atoms with van der Waals surface area (Å²) in [5.74, 6) is 0.460. The molecular weight excluding hydrogens is 258 g/mol. The van der Waals surface area contributed by atoms with Crippen LogP contribution in [0.15, 0.2) is 24.9 Å². The summed E-state index contributed by atoms with van der Waals surface area (Å²) in [5.41, 5.74) is 0.521. The summed E-state index contributed by atoms with van der Waals surface area (Å²) in [6.07, 6.45) is 8.78. The second-order valence-electron chi connectivity index (χ2n) is 4.70. The highest BCUT2D eigenvalue weighted by atomic mass is 16.5. The van der Waals surface area contributed by atoms with E-state index in [0.717, 1.165) is 25.9 Å². The number of rotatable bonds is 5. The molecule has 0 saturated carbocycles. The van der Waals surface area contributed by atoms with E-state index in [0.29, 0.717) is 24.6 Å². The average molecular weight is 275 g/mol. The summed E-state index contributed by atoms with van der Waals surface area (Å²) >= 11 is 0. The third-order valence-electron chi connectivity index (χ3n) is 3.23. The van der Waals surface area contributed by atoms with Crippen LogP contribution < -0.4 is 10.1 Å². The molecule has 3 heterocycles. The summed E-state index contributed by atoms with van der Waals surface area (Å²) in [4.78, 5) is 16.0. The zero-order valence-electron chi connectivity index (χ0n) is 11.2. The normalized spacial score (nSPS) is 13.6. The van der Waals surface area contributed by atoms with E-state index in [9.17, 15) is 4.79 Å². The van der Waals surface area contributed by atoms with Gasteiger partial charge in [-0.1, -0.05) is 0 Å². The van der Waals surface area contributed by atoms with E-state index in [2.05, 4.69) is 15.4 Å². The molecule has 20 heavy (non-hydrogen) atoms. The van der Waals surface area contributed by atoms with E-state index in [4.69, 9.17) is 4.74 Å². The van der Waals surface area contributed by atoms with Crippen molar-refractivity contribution in [3.63, 3.8) is 0 Å². The molecule has 7 nitrogen and oxygen atoms in total. The first-order chi connectivity index (χ1) is 9.84. The summed E-state index contributed by atoms with van der Waals surface area (Å²) in [6, 6.07) is 0. The van der Waals surface area contributed by atoms with Gasteiger partial charge in [0.2, 0.25) is 5.88 Å². The fourth-order valence-electron chi connectivity index (χ4n) is 2.20. The topological polar surface area (TPSA) is 74.0 Å². The van der Waals surface area contributed by atoms with Crippen molar-refractivity contribution in [1.82, 2.24) is 24.6 Å². The standard InChI is InChI=1S/C13H17N5O2/c19-12(15-3-1-5-17-7-4-14-10-17)11-9-16-18-6-2-8-20-13(11)18/h4,7,9-10H,1-3,5-6,8H2,(H,15,19). The summed E-state index contributed by atoms with van der Waals surface area (Å²) in [5, 5.41) is 7.06. The lowest BCUT2D eigenvalue weighted by Gasteiger charge is -2.15. The quantitative estimate of drug-likeness (QED) is 0.814. The third kappa shape index (κ3) is 2.66. The van der Waals surface area contributed by atoms with Crippen molar-refractivity contribution in [2.24, 2.45) is 0 Å². The second kappa shape index (κ2) is 5.77. The van der Waals surface area contributed by atoms with Crippen LogP contribution in [0.2, 0.25) is 0 Å². The van der Waals surface area contributed by atoms with Crippen LogP contribution in [0.3, 0.4) is 0 Å². The molecule has 0 radical (unpaired) electrons. The lowest BCUT2D eigenvalue weighted by Crippen LogP contribution is -2.26. The van der Waals surface area contributed by atoms with Gasteiger partial charge in [-0.3, -0.25) is 4.79 Å². The maximum atomic E-state index is 12.1. The Kier molecular flexibility index (Phi) is 3.67. The van der Waals surface area contributed by atoms with Crippen molar-refractivity contribution >= 4 is 5.91 Å². The number of ether oxygens (including phenoxy) is 1. The van der Waals surface area contributed by atoms with Gasteiger partial charge >= 0.3 is 0 Å². The van der Waals surface area contributed by atoms with Crippen LogP contribution in [0.1, 0.15) is 23.2 Å². The predicted molar refractivity (Wildman–Crippen MR) is 71.5 cm³/mol. The Bertz CT molecular complexity index is 576. The molecule has 1 aliphatic heterocycles. The number of hydrogen-bond acceptors (Lipinski definition) is 4. The molecule has 2 aromatic rings. The van der Waals surface area contributed by atoms with Crippen molar-refractivity contribution in [1.29, 1.82) is 0 Å². The van der Waals surface area contributed by atoms with Crippen molar-refractivity contribution in [2.45, 2.75) is 25.9 Å². The van der Waals surface area contributed by atoms with Crippen molar-refractivity contribution in [3.05, 3.63) is 30.5 Å². The van der Waals surface area contributed by atoms with Gasteiger partial charge in [0, 0.05) is 38.4 Å². The molecule has 2 aromatic heterocycles. The highest BCUT2D eigenvalue weighted by Crippen LogP contribution is 2.21. The molecule has 1 amide bonds. The first-order valence-corrected chi connectivity index (χ1v) is 6.77. The first-order valence-electron chi connectivity index (χ1n) is 6.77. The van der Waals surface area contributed by atoms with Crippen LogP contribution in [0.25, 0.3) is 0 Å². The number of fused-ring (bicyclic) bond motifs is 1. The predicted octanol–water partition coefficient (Wildman–Crippen LogP) is 0.682. The zero-order valence-corrected chi connectivity index (χ0v) is 11.2. The molecule has 3 rings (SSSR count). The first kappa shape index (κ1) is 12.7. The molecule has 0 fully saturated rings. The Hall–Kier alpha value is -2.31. The van der Waals surface area contributed by atoms with E-state index in [1.165, 1.54) is 0 Å². The van der Waals surface area contributed by atoms with E-state index < -0.39 is 0 Å². The molecule has 0 bridgehead atoms. The molecule has 0 atom stereocenters. The smallest absolute Gasteiger partial charge is 0.258 e.